The Hall–Kier alpha value is -2.33. The van der Waals surface area contributed by atoms with Crippen LogP contribution in [0.5, 0.6) is 5.75 Å². The third-order valence-electron chi connectivity index (χ3n) is 3.65. The molecule has 2 aromatic rings. The normalized spacial score (nSPS) is 11.8. The van der Waals surface area contributed by atoms with E-state index in [1.165, 1.54) is 0 Å². The van der Waals surface area contributed by atoms with Crippen molar-refractivity contribution in [2.75, 3.05) is 13.7 Å². The molecule has 0 saturated heterocycles. The van der Waals surface area contributed by atoms with E-state index in [0.29, 0.717) is 19.6 Å². The van der Waals surface area contributed by atoms with Crippen LogP contribution in [0.3, 0.4) is 0 Å². The van der Waals surface area contributed by atoms with Crippen molar-refractivity contribution in [2.24, 2.45) is 5.73 Å². The van der Waals surface area contributed by atoms with Crippen LogP contribution in [-0.4, -0.2) is 30.5 Å². The van der Waals surface area contributed by atoms with Gasteiger partial charge >= 0.3 is 0 Å². The minimum atomic E-state index is -0.523. The van der Waals surface area contributed by atoms with E-state index in [1.54, 1.807) is 11.9 Å². The highest BCUT2D eigenvalue weighted by atomic mass is 16.5. The lowest BCUT2D eigenvalue weighted by molar-refractivity contribution is -0.131. The first-order valence-electron chi connectivity index (χ1n) is 7.86. The largest absolute Gasteiger partial charge is 0.494 e. The molecule has 2 N–H and O–H groups in total. The van der Waals surface area contributed by atoms with Gasteiger partial charge < -0.3 is 15.4 Å². The molecule has 23 heavy (non-hydrogen) atoms. The first-order valence-corrected chi connectivity index (χ1v) is 7.86. The maximum Gasteiger partial charge on any atom is 0.239 e. The summed E-state index contributed by atoms with van der Waals surface area (Å²) in [5, 5.41) is 0. The fraction of sp³-hybridized carbons (Fsp3) is 0.316. The van der Waals surface area contributed by atoms with Gasteiger partial charge in [0.15, 0.2) is 0 Å². The molecular formula is C19H24N2O2. The Labute approximate surface area is 137 Å². The summed E-state index contributed by atoms with van der Waals surface area (Å²) in [4.78, 5) is 14.1. The Morgan fingerprint density at radius 3 is 2.35 bits per heavy atom. The number of carbonyl (C=O) groups excluding carboxylic acids is 1. The number of carbonyl (C=O) groups is 1. The standard InChI is InChI=1S/C19H24N2O2/c1-3-23-17-11-9-16(10-12-17)14-21(2)19(22)18(20)13-15-7-5-4-6-8-15/h4-12,18H,3,13-14,20H2,1-2H3. The second-order valence-corrected chi connectivity index (χ2v) is 5.57. The van der Waals surface area contributed by atoms with Crippen molar-refractivity contribution < 1.29 is 9.53 Å². The van der Waals surface area contributed by atoms with Crippen molar-refractivity contribution >= 4 is 5.91 Å². The highest BCUT2D eigenvalue weighted by Crippen LogP contribution is 2.14. The number of hydrogen-bond donors (Lipinski definition) is 1. The summed E-state index contributed by atoms with van der Waals surface area (Å²) in [5.74, 6) is 0.786. The molecule has 0 bridgehead atoms. The number of nitrogens with zero attached hydrogens (tertiary/aromatic N) is 1. The summed E-state index contributed by atoms with van der Waals surface area (Å²) >= 11 is 0. The molecule has 0 radical (unpaired) electrons. The van der Waals surface area contributed by atoms with Gasteiger partial charge in [0.1, 0.15) is 5.75 Å². The second kappa shape index (κ2) is 8.34. The minimum Gasteiger partial charge on any atom is -0.494 e. The van der Waals surface area contributed by atoms with Crippen molar-refractivity contribution in [3.63, 3.8) is 0 Å². The summed E-state index contributed by atoms with van der Waals surface area (Å²) in [6.45, 7) is 3.13. The predicted molar refractivity (Wildman–Crippen MR) is 92.2 cm³/mol. The number of amides is 1. The maximum absolute atomic E-state index is 12.4. The minimum absolute atomic E-state index is 0.0530. The molecule has 0 spiro atoms. The van der Waals surface area contributed by atoms with Crippen LogP contribution in [0.15, 0.2) is 54.6 Å². The van der Waals surface area contributed by atoms with Crippen molar-refractivity contribution in [3.05, 3.63) is 65.7 Å². The predicted octanol–water partition coefficient (Wildman–Crippen LogP) is 2.61. The van der Waals surface area contributed by atoms with E-state index in [4.69, 9.17) is 10.5 Å². The molecule has 1 amide bonds. The molecule has 122 valence electrons. The van der Waals surface area contributed by atoms with E-state index in [2.05, 4.69) is 0 Å². The molecular weight excluding hydrogens is 288 g/mol. The van der Waals surface area contributed by atoms with Crippen molar-refractivity contribution in [1.29, 1.82) is 0 Å². The molecule has 0 saturated carbocycles. The average molecular weight is 312 g/mol. The summed E-state index contributed by atoms with van der Waals surface area (Å²) in [5.41, 5.74) is 8.18. The quantitative estimate of drug-likeness (QED) is 0.855. The fourth-order valence-corrected chi connectivity index (χ4v) is 2.45. The second-order valence-electron chi connectivity index (χ2n) is 5.57. The first-order chi connectivity index (χ1) is 11.1. The van der Waals surface area contributed by atoms with Gasteiger partial charge in [-0.25, -0.2) is 0 Å². The summed E-state index contributed by atoms with van der Waals surface area (Å²) in [7, 11) is 1.78. The third-order valence-corrected chi connectivity index (χ3v) is 3.65. The molecule has 4 nitrogen and oxygen atoms in total. The van der Waals surface area contributed by atoms with E-state index < -0.39 is 6.04 Å². The monoisotopic (exact) mass is 312 g/mol. The lowest BCUT2D eigenvalue weighted by atomic mass is 10.1. The lowest BCUT2D eigenvalue weighted by Gasteiger charge is -2.21. The van der Waals surface area contributed by atoms with E-state index in [-0.39, 0.29) is 5.91 Å². The van der Waals surface area contributed by atoms with Crippen LogP contribution in [-0.2, 0) is 17.8 Å². The van der Waals surface area contributed by atoms with Crippen LogP contribution >= 0.6 is 0 Å². The third kappa shape index (κ3) is 5.11. The van der Waals surface area contributed by atoms with Crippen LogP contribution in [0.2, 0.25) is 0 Å². The number of benzene rings is 2. The topological polar surface area (TPSA) is 55.6 Å². The van der Waals surface area contributed by atoms with Gasteiger partial charge in [0.2, 0.25) is 5.91 Å². The number of rotatable bonds is 7. The molecule has 0 aliphatic rings. The number of hydrogen-bond acceptors (Lipinski definition) is 3. The highest BCUT2D eigenvalue weighted by molar-refractivity contribution is 5.81. The van der Waals surface area contributed by atoms with Gasteiger partial charge in [0.05, 0.1) is 12.6 Å². The average Bonchev–Trinajstić information content (AvgIpc) is 2.57. The van der Waals surface area contributed by atoms with Crippen LogP contribution in [0.4, 0.5) is 0 Å². The zero-order valence-electron chi connectivity index (χ0n) is 13.7. The molecule has 1 unspecified atom stereocenters. The van der Waals surface area contributed by atoms with Crippen molar-refractivity contribution in [3.8, 4) is 5.75 Å². The van der Waals surface area contributed by atoms with E-state index >= 15 is 0 Å². The maximum atomic E-state index is 12.4. The Bertz CT molecular complexity index is 611. The lowest BCUT2D eigenvalue weighted by Crippen LogP contribution is -2.42. The fourth-order valence-electron chi connectivity index (χ4n) is 2.45. The van der Waals surface area contributed by atoms with Gasteiger partial charge in [-0.3, -0.25) is 4.79 Å². The molecule has 0 aliphatic heterocycles. The zero-order valence-corrected chi connectivity index (χ0v) is 13.7. The summed E-state index contributed by atoms with van der Waals surface area (Å²) < 4.78 is 5.42. The first kappa shape index (κ1) is 17.0. The summed E-state index contributed by atoms with van der Waals surface area (Å²) in [6, 6.07) is 17.1. The smallest absolute Gasteiger partial charge is 0.239 e. The molecule has 0 aromatic heterocycles. The number of ether oxygens (including phenoxy) is 1. The molecule has 0 aliphatic carbocycles. The zero-order chi connectivity index (χ0) is 16.7. The SMILES string of the molecule is CCOc1ccc(CN(C)C(=O)C(N)Cc2ccccc2)cc1. The van der Waals surface area contributed by atoms with E-state index in [9.17, 15) is 4.79 Å². The van der Waals surface area contributed by atoms with Gasteiger partial charge in [-0.05, 0) is 36.6 Å². The van der Waals surface area contributed by atoms with Gasteiger partial charge in [0, 0.05) is 13.6 Å². The van der Waals surface area contributed by atoms with Gasteiger partial charge in [0.25, 0.3) is 0 Å². The molecule has 2 rings (SSSR count). The van der Waals surface area contributed by atoms with Crippen molar-refractivity contribution in [2.45, 2.75) is 25.9 Å². The van der Waals surface area contributed by atoms with E-state index in [0.717, 1.165) is 16.9 Å². The number of nitrogens with two attached hydrogens (primary N) is 1. The number of likely N-dealkylation sites (N-methyl/N-ethyl adjacent to an activating group) is 1. The molecule has 0 heterocycles. The Balaban J connectivity index is 1.91. The molecule has 1 atom stereocenters. The van der Waals surface area contributed by atoms with Crippen LogP contribution in [0, 0.1) is 0 Å². The summed E-state index contributed by atoms with van der Waals surface area (Å²) in [6.07, 6.45) is 0.549. The van der Waals surface area contributed by atoms with E-state index in [1.807, 2.05) is 61.5 Å². The Morgan fingerprint density at radius 2 is 1.74 bits per heavy atom. The highest BCUT2D eigenvalue weighted by Gasteiger charge is 2.18. The Morgan fingerprint density at radius 1 is 1.09 bits per heavy atom. The Kier molecular flexibility index (Phi) is 6.18. The van der Waals surface area contributed by atoms with Gasteiger partial charge in [-0.15, -0.1) is 0 Å². The molecule has 0 fully saturated rings. The van der Waals surface area contributed by atoms with Crippen LogP contribution in [0.25, 0.3) is 0 Å². The molecule has 2 aromatic carbocycles. The van der Waals surface area contributed by atoms with Gasteiger partial charge in [-0.2, -0.15) is 0 Å². The van der Waals surface area contributed by atoms with Crippen LogP contribution < -0.4 is 10.5 Å². The van der Waals surface area contributed by atoms with Gasteiger partial charge in [-0.1, -0.05) is 42.5 Å². The van der Waals surface area contributed by atoms with Crippen LogP contribution in [0.1, 0.15) is 18.1 Å². The molecule has 4 heteroatoms. The van der Waals surface area contributed by atoms with Crippen molar-refractivity contribution in [1.82, 2.24) is 4.90 Å².